The van der Waals surface area contributed by atoms with Gasteiger partial charge in [-0.25, -0.2) is 4.98 Å². The molecule has 1 fully saturated rings. The summed E-state index contributed by atoms with van der Waals surface area (Å²) in [6.07, 6.45) is 2.66. The van der Waals surface area contributed by atoms with Gasteiger partial charge in [0.15, 0.2) is 0 Å². The monoisotopic (exact) mass is 357 g/mol. The second-order valence-electron chi connectivity index (χ2n) is 4.83. The van der Waals surface area contributed by atoms with Crippen molar-refractivity contribution in [2.45, 2.75) is 19.8 Å². The van der Waals surface area contributed by atoms with Gasteiger partial charge in [-0.2, -0.15) is 0 Å². The van der Waals surface area contributed by atoms with Crippen LogP contribution in [0, 0.1) is 12.3 Å². The molecule has 20 heavy (non-hydrogen) atoms. The third-order valence-corrected chi connectivity index (χ3v) is 4.76. The number of nitrogens with two attached hydrogens (primary N) is 1. The molecular weight excluding hydrogens is 342 g/mol. The number of rotatable bonds is 3. The number of aromatic nitrogens is 1. The van der Waals surface area contributed by atoms with Gasteiger partial charge in [0.25, 0.3) is 0 Å². The molecule has 0 radical (unpaired) electrons. The highest BCUT2D eigenvalue weighted by atomic mass is 79.9. The summed E-state index contributed by atoms with van der Waals surface area (Å²) in [5.74, 6) is 0.292. The lowest BCUT2D eigenvalue weighted by Gasteiger charge is -2.34. The summed E-state index contributed by atoms with van der Waals surface area (Å²) in [7, 11) is 0. The first-order chi connectivity index (χ1) is 9.45. The topological polar surface area (TPSA) is 77.2 Å². The van der Waals surface area contributed by atoms with Crippen LogP contribution in [0.15, 0.2) is 16.7 Å². The molecule has 1 aliphatic rings. The fraction of sp³-hybridized carbons (Fsp3) is 0.462. The molecule has 1 saturated heterocycles. The highest BCUT2D eigenvalue weighted by Gasteiger charge is 2.43. The number of ether oxygens (including phenoxy) is 1. The molecule has 2 rings (SSSR count). The summed E-state index contributed by atoms with van der Waals surface area (Å²) in [4.78, 5) is 16.9. The van der Waals surface area contributed by atoms with E-state index >= 15 is 0 Å². The van der Waals surface area contributed by atoms with E-state index in [9.17, 15) is 4.79 Å². The SMILES string of the molecule is Cc1cc(NC(=O)C2(C(N)=S)CCOCC2)ncc1Br. The summed E-state index contributed by atoms with van der Waals surface area (Å²) in [5, 5.41) is 2.81. The molecule has 0 aliphatic carbocycles. The standard InChI is InChI=1S/C13H16BrN3O2S/c1-8-6-10(16-7-9(8)14)17-12(18)13(11(15)20)2-4-19-5-3-13/h6-7H,2-5H2,1H3,(H2,15,20)(H,16,17,18). The predicted molar refractivity (Wildman–Crippen MR) is 84.6 cm³/mol. The molecule has 5 nitrogen and oxygen atoms in total. The molecule has 1 aromatic heterocycles. The molecule has 0 bridgehead atoms. The zero-order chi connectivity index (χ0) is 14.8. The van der Waals surface area contributed by atoms with Crippen LogP contribution in [0.1, 0.15) is 18.4 Å². The molecule has 2 heterocycles. The summed E-state index contributed by atoms with van der Waals surface area (Å²) < 4.78 is 6.19. The van der Waals surface area contributed by atoms with E-state index < -0.39 is 5.41 Å². The zero-order valence-electron chi connectivity index (χ0n) is 11.1. The van der Waals surface area contributed by atoms with Crippen LogP contribution < -0.4 is 11.1 Å². The van der Waals surface area contributed by atoms with Gasteiger partial charge in [-0.3, -0.25) is 4.79 Å². The predicted octanol–water partition coefficient (Wildman–Crippen LogP) is 2.17. The van der Waals surface area contributed by atoms with Crippen molar-refractivity contribution in [3.63, 3.8) is 0 Å². The summed E-state index contributed by atoms with van der Waals surface area (Å²) in [6.45, 7) is 2.90. The van der Waals surface area contributed by atoms with Gasteiger partial charge >= 0.3 is 0 Å². The van der Waals surface area contributed by atoms with Crippen LogP contribution in [0.5, 0.6) is 0 Å². The molecule has 1 aliphatic heterocycles. The van der Waals surface area contributed by atoms with Gasteiger partial charge in [0.1, 0.15) is 11.2 Å². The third-order valence-electron chi connectivity index (χ3n) is 3.54. The van der Waals surface area contributed by atoms with Crippen LogP contribution in [-0.4, -0.2) is 29.1 Å². The van der Waals surface area contributed by atoms with E-state index in [1.54, 1.807) is 12.3 Å². The van der Waals surface area contributed by atoms with Crippen LogP contribution >= 0.6 is 28.1 Å². The Hall–Kier alpha value is -1.05. The van der Waals surface area contributed by atoms with Crippen LogP contribution in [0.4, 0.5) is 5.82 Å². The fourth-order valence-electron chi connectivity index (χ4n) is 2.15. The Morgan fingerprint density at radius 1 is 1.55 bits per heavy atom. The maximum absolute atomic E-state index is 12.5. The minimum absolute atomic E-state index is 0.206. The Morgan fingerprint density at radius 2 is 2.20 bits per heavy atom. The average molecular weight is 358 g/mol. The minimum Gasteiger partial charge on any atom is -0.392 e. The van der Waals surface area contributed by atoms with Gasteiger partial charge in [0, 0.05) is 23.9 Å². The molecule has 3 N–H and O–H groups in total. The normalized spacial score (nSPS) is 17.5. The van der Waals surface area contributed by atoms with Gasteiger partial charge in [-0.1, -0.05) is 12.2 Å². The first-order valence-corrected chi connectivity index (χ1v) is 7.47. The first-order valence-electron chi connectivity index (χ1n) is 6.27. The van der Waals surface area contributed by atoms with Gasteiger partial charge < -0.3 is 15.8 Å². The van der Waals surface area contributed by atoms with Gasteiger partial charge in [0.05, 0.1) is 4.99 Å². The number of aryl methyl sites for hydroxylation is 1. The number of hydrogen-bond acceptors (Lipinski definition) is 4. The smallest absolute Gasteiger partial charge is 0.238 e. The summed E-state index contributed by atoms with van der Waals surface area (Å²) in [6, 6.07) is 1.80. The zero-order valence-corrected chi connectivity index (χ0v) is 13.5. The minimum atomic E-state index is -0.837. The molecule has 0 spiro atoms. The lowest BCUT2D eigenvalue weighted by Crippen LogP contribution is -2.49. The van der Waals surface area contributed by atoms with E-state index in [1.807, 2.05) is 6.92 Å². The maximum Gasteiger partial charge on any atom is 0.238 e. The van der Waals surface area contributed by atoms with E-state index in [1.165, 1.54) is 0 Å². The second-order valence-corrected chi connectivity index (χ2v) is 6.13. The maximum atomic E-state index is 12.5. The first kappa shape index (κ1) is 15.3. The van der Waals surface area contributed by atoms with E-state index in [2.05, 4.69) is 26.2 Å². The Labute approximate surface area is 131 Å². The number of nitrogens with one attached hydrogen (secondary N) is 1. The van der Waals surface area contributed by atoms with Crippen LogP contribution in [-0.2, 0) is 9.53 Å². The van der Waals surface area contributed by atoms with Gasteiger partial charge in [0.2, 0.25) is 5.91 Å². The molecular formula is C13H16BrN3O2S. The molecule has 0 unspecified atom stereocenters. The average Bonchev–Trinajstić information content (AvgIpc) is 2.43. The van der Waals surface area contributed by atoms with E-state index in [-0.39, 0.29) is 10.9 Å². The second kappa shape index (κ2) is 6.15. The number of carbonyl (C=O) groups is 1. The van der Waals surface area contributed by atoms with Crippen LogP contribution in [0.3, 0.4) is 0 Å². The van der Waals surface area contributed by atoms with E-state index in [0.29, 0.717) is 31.9 Å². The Balaban J connectivity index is 2.20. The van der Waals surface area contributed by atoms with Crippen molar-refractivity contribution in [1.29, 1.82) is 0 Å². The number of carbonyl (C=O) groups excluding carboxylic acids is 1. The van der Waals surface area contributed by atoms with Crippen molar-refractivity contribution >= 4 is 44.9 Å². The fourth-order valence-corrected chi connectivity index (χ4v) is 2.66. The molecule has 7 heteroatoms. The lowest BCUT2D eigenvalue weighted by atomic mass is 9.79. The van der Waals surface area contributed by atoms with Crippen LogP contribution in [0.25, 0.3) is 0 Å². The van der Waals surface area contributed by atoms with E-state index in [0.717, 1.165) is 10.0 Å². The summed E-state index contributed by atoms with van der Waals surface area (Å²) in [5.41, 5.74) is 5.95. The number of pyridine rings is 1. The van der Waals surface area contributed by atoms with Crippen molar-refractivity contribution in [3.05, 3.63) is 22.3 Å². The van der Waals surface area contributed by atoms with Crippen molar-refractivity contribution in [2.75, 3.05) is 18.5 Å². The lowest BCUT2D eigenvalue weighted by molar-refractivity contribution is -0.126. The quantitative estimate of drug-likeness (QED) is 0.810. The number of thiocarbonyl (C=S) groups is 1. The van der Waals surface area contributed by atoms with Crippen molar-refractivity contribution < 1.29 is 9.53 Å². The number of anilines is 1. The Morgan fingerprint density at radius 3 is 2.75 bits per heavy atom. The molecule has 108 valence electrons. The highest BCUT2D eigenvalue weighted by molar-refractivity contribution is 9.10. The number of hydrogen-bond donors (Lipinski definition) is 2. The number of nitrogens with zero attached hydrogens (tertiary/aromatic N) is 1. The molecule has 0 saturated carbocycles. The summed E-state index contributed by atoms with van der Waals surface area (Å²) >= 11 is 8.47. The highest BCUT2D eigenvalue weighted by Crippen LogP contribution is 2.32. The number of halogens is 1. The van der Waals surface area contributed by atoms with Crippen LogP contribution in [0.2, 0.25) is 0 Å². The number of amides is 1. The van der Waals surface area contributed by atoms with E-state index in [4.69, 9.17) is 22.7 Å². The Bertz CT molecular complexity index is 544. The van der Waals surface area contributed by atoms with Gasteiger partial charge in [-0.05, 0) is 47.3 Å². The largest absolute Gasteiger partial charge is 0.392 e. The molecule has 0 aromatic carbocycles. The third kappa shape index (κ3) is 2.99. The molecule has 0 atom stereocenters. The van der Waals surface area contributed by atoms with Crippen molar-refractivity contribution in [1.82, 2.24) is 4.98 Å². The van der Waals surface area contributed by atoms with Crippen molar-refractivity contribution in [3.8, 4) is 0 Å². The molecule has 1 aromatic rings. The Kier molecular flexibility index (Phi) is 4.72. The van der Waals surface area contributed by atoms with Gasteiger partial charge in [-0.15, -0.1) is 0 Å². The van der Waals surface area contributed by atoms with Crippen molar-refractivity contribution in [2.24, 2.45) is 11.1 Å². The molecule has 1 amide bonds.